The maximum Gasteiger partial charge on any atom is 0.198 e. The van der Waals surface area contributed by atoms with Crippen molar-refractivity contribution in [3.63, 3.8) is 0 Å². The van der Waals surface area contributed by atoms with Gasteiger partial charge >= 0.3 is 0 Å². The Balaban J connectivity index is 1.96. The molecular weight excluding hydrogens is 244 g/mol. The number of nitrogens with two attached hydrogens (primary N) is 1. The number of aromatic nitrogens is 5. The number of carbonyl (C=O) groups is 1. The first-order valence-electron chi connectivity index (χ1n) is 5.72. The number of carbonyl (C=O) groups excluding carboxylic acids is 1. The highest BCUT2D eigenvalue weighted by Gasteiger charge is 2.13. The summed E-state index contributed by atoms with van der Waals surface area (Å²) in [5.41, 5.74) is 7.43. The third kappa shape index (κ3) is 1.85. The molecule has 3 heterocycles. The van der Waals surface area contributed by atoms with E-state index in [0.29, 0.717) is 22.7 Å². The van der Waals surface area contributed by atoms with Gasteiger partial charge in [0.25, 0.3) is 0 Å². The summed E-state index contributed by atoms with van der Waals surface area (Å²) < 4.78 is 3.45. The highest BCUT2D eigenvalue weighted by Crippen LogP contribution is 2.14. The molecule has 0 aliphatic heterocycles. The number of nitrogen functional groups attached to an aromatic ring is 1. The number of fused-ring (bicyclic) bond motifs is 1. The molecular formula is C12H12N6O. The molecule has 0 amide bonds. The summed E-state index contributed by atoms with van der Waals surface area (Å²) in [4.78, 5) is 24.3. The number of nitrogens with zero attached hydrogens (tertiary/aromatic N) is 5. The second-order valence-electron chi connectivity index (χ2n) is 4.23. The second kappa shape index (κ2) is 4.20. The van der Waals surface area contributed by atoms with Gasteiger partial charge in [0.2, 0.25) is 0 Å². The lowest BCUT2D eigenvalue weighted by atomic mass is 10.3. The third-order valence-corrected chi connectivity index (χ3v) is 2.97. The van der Waals surface area contributed by atoms with E-state index in [0.717, 1.165) is 0 Å². The maximum atomic E-state index is 12.2. The van der Waals surface area contributed by atoms with Gasteiger partial charge in [0.1, 0.15) is 11.8 Å². The topological polar surface area (TPSA) is 91.6 Å². The summed E-state index contributed by atoms with van der Waals surface area (Å²) in [6.07, 6.45) is 4.75. The summed E-state index contributed by atoms with van der Waals surface area (Å²) >= 11 is 0. The quantitative estimate of drug-likeness (QED) is 0.694. The maximum absolute atomic E-state index is 12.2. The van der Waals surface area contributed by atoms with E-state index in [1.807, 2.05) is 19.3 Å². The lowest BCUT2D eigenvalue weighted by Crippen LogP contribution is -2.13. The first-order chi connectivity index (χ1) is 9.16. The van der Waals surface area contributed by atoms with Crippen LogP contribution in [0.4, 0.5) is 5.82 Å². The molecule has 0 saturated carbocycles. The van der Waals surface area contributed by atoms with Crippen molar-refractivity contribution in [3.8, 4) is 0 Å². The van der Waals surface area contributed by atoms with Crippen molar-refractivity contribution >= 4 is 22.8 Å². The van der Waals surface area contributed by atoms with Crippen LogP contribution in [0.1, 0.15) is 10.5 Å². The van der Waals surface area contributed by atoms with Crippen LogP contribution in [0.5, 0.6) is 0 Å². The van der Waals surface area contributed by atoms with Gasteiger partial charge in [-0.05, 0) is 12.1 Å². The molecule has 2 N–H and O–H groups in total. The molecule has 0 unspecified atom stereocenters. The van der Waals surface area contributed by atoms with E-state index < -0.39 is 0 Å². The van der Waals surface area contributed by atoms with Gasteiger partial charge in [-0.3, -0.25) is 4.79 Å². The Kier molecular flexibility index (Phi) is 2.52. The van der Waals surface area contributed by atoms with Crippen molar-refractivity contribution in [2.75, 3.05) is 5.73 Å². The number of anilines is 1. The van der Waals surface area contributed by atoms with Crippen LogP contribution in [0, 0.1) is 0 Å². The Bertz CT molecular complexity index is 757. The zero-order valence-corrected chi connectivity index (χ0v) is 10.3. The Hall–Kier alpha value is -2.70. The molecule has 7 heteroatoms. The molecule has 3 aromatic rings. The first kappa shape index (κ1) is 11.4. The molecule has 3 aromatic heterocycles. The number of rotatable bonds is 3. The van der Waals surface area contributed by atoms with Gasteiger partial charge in [0, 0.05) is 13.2 Å². The van der Waals surface area contributed by atoms with Gasteiger partial charge in [-0.1, -0.05) is 0 Å². The van der Waals surface area contributed by atoms with Crippen LogP contribution < -0.4 is 5.73 Å². The van der Waals surface area contributed by atoms with E-state index in [1.165, 1.54) is 6.33 Å². The molecule has 0 spiro atoms. The highest BCUT2D eigenvalue weighted by atomic mass is 16.1. The predicted molar refractivity (Wildman–Crippen MR) is 69.5 cm³/mol. The van der Waals surface area contributed by atoms with Crippen LogP contribution >= 0.6 is 0 Å². The van der Waals surface area contributed by atoms with Gasteiger partial charge in [0.15, 0.2) is 17.2 Å². The van der Waals surface area contributed by atoms with Gasteiger partial charge in [-0.15, -0.1) is 0 Å². The van der Waals surface area contributed by atoms with E-state index in [4.69, 9.17) is 5.73 Å². The summed E-state index contributed by atoms with van der Waals surface area (Å²) in [5, 5.41) is 0. The molecule has 0 atom stereocenters. The molecule has 0 bridgehead atoms. The molecule has 0 aliphatic rings. The Morgan fingerprint density at radius 1 is 1.37 bits per heavy atom. The van der Waals surface area contributed by atoms with Crippen molar-refractivity contribution in [1.29, 1.82) is 0 Å². The Labute approximate surface area is 108 Å². The molecule has 7 nitrogen and oxygen atoms in total. The zero-order chi connectivity index (χ0) is 13.4. The fourth-order valence-corrected chi connectivity index (χ4v) is 2.00. The molecule has 96 valence electrons. The van der Waals surface area contributed by atoms with Crippen LogP contribution in [-0.4, -0.2) is 29.9 Å². The molecule has 0 fully saturated rings. The number of ketones is 1. The zero-order valence-electron chi connectivity index (χ0n) is 10.3. The monoisotopic (exact) mass is 256 g/mol. The average molecular weight is 256 g/mol. The smallest absolute Gasteiger partial charge is 0.198 e. The molecule has 0 aromatic carbocycles. The third-order valence-electron chi connectivity index (χ3n) is 2.97. The van der Waals surface area contributed by atoms with E-state index in [2.05, 4.69) is 15.0 Å². The second-order valence-corrected chi connectivity index (χ2v) is 4.23. The van der Waals surface area contributed by atoms with Crippen LogP contribution in [0.25, 0.3) is 11.2 Å². The lowest BCUT2D eigenvalue weighted by Gasteiger charge is -2.04. The van der Waals surface area contributed by atoms with Gasteiger partial charge in [-0.25, -0.2) is 15.0 Å². The molecule has 19 heavy (non-hydrogen) atoms. The van der Waals surface area contributed by atoms with Crippen LogP contribution in [0.15, 0.2) is 31.0 Å². The first-order valence-corrected chi connectivity index (χ1v) is 5.72. The number of hydrogen-bond donors (Lipinski definition) is 1. The number of Topliss-reactive ketones (excluding diaryl/α,β-unsaturated/α-hetero) is 1. The summed E-state index contributed by atoms with van der Waals surface area (Å²) in [6, 6.07) is 3.62. The van der Waals surface area contributed by atoms with Gasteiger partial charge in [0.05, 0.1) is 18.6 Å². The summed E-state index contributed by atoms with van der Waals surface area (Å²) in [6.45, 7) is 0.171. The van der Waals surface area contributed by atoms with Crippen molar-refractivity contribution < 1.29 is 4.79 Å². The average Bonchev–Trinajstić information content (AvgIpc) is 2.97. The normalized spacial score (nSPS) is 11.0. The summed E-state index contributed by atoms with van der Waals surface area (Å²) in [7, 11) is 1.83. The van der Waals surface area contributed by atoms with Crippen LogP contribution in [-0.2, 0) is 13.6 Å². The number of imidazole rings is 1. The van der Waals surface area contributed by atoms with E-state index >= 15 is 0 Å². The van der Waals surface area contributed by atoms with Crippen molar-refractivity contribution in [2.45, 2.75) is 6.54 Å². The van der Waals surface area contributed by atoms with Crippen molar-refractivity contribution in [1.82, 2.24) is 24.1 Å². The fraction of sp³-hybridized carbons (Fsp3) is 0.167. The Morgan fingerprint density at radius 2 is 2.21 bits per heavy atom. The van der Waals surface area contributed by atoms with Crippen LogP contribution in [0.2, 0.25) is 0 Å². The fourth-order valence-electron chi connectivity index (χ4n) is 2.00. The van der Waals surface area contributed by atoms with Crippen LogP contribution in [0.3, 0.4) is 0 Å². The van der Waals surface area contributed by atoms with E-state index in [1.54, 1.807) is 21.5 Å². The highest BCUT2D eigenvalue weighted by molar-refractivity contribution is 5.95. The largest absolute Gasteiger partial charge is 0.382 e. The SMILES string of the molecule is Cn1cccc1C(=O)Cn1cnc2c(N)ncnc21. The van der Waals surface area contributed by atoms with E-state index in [-0.39, 0.29) is 12.3 Å². The van der Waals surface area contributed by atoms with Crippen molar-refractivity contribution in [3.05, 3.63) is 36.7 Å². The minimum Gasteiger partial charge on any atom is -0.382 e. The predicted octanol–water partition coefficient (Wildman–Crippen LogP) is 0.630. The lowest BCUT2D eigenvalue weighted by molar-refractivity contribution is 0.0965. The van der Waals surface area contributed by atoms with Crippen molar-refractivity contribution in [2.24, 2.45) is 7.05 Å². The molecule has 0 saturated heterocycles. The van der Waals surface area contributed by atoms with E-state index in [9.17, 15) is 4.79 Å². The minimum atomic E-state index is -0.0102. The molecule has 0 radical (unpaired) electrons. The number of hydrogen-bond acceptors (Lipinski definition) is 5. The van der Waals surface area contributed by atoms with Gasteiger partial charge in [-0.2, -0.15) is 0 Å². The summed E-state index contributed by atoms with van der Waals surface area (Å²) in [5.74, 6) is 0.305. The standard InChI is InChI=1S/C12H12N6O/c1-17-4-2-3-8(17)9(19)5-18-7-16-10-11(13)14-6-15-12(10)18/h2-4,6-7H,5H2,1H3,(H2,13,14,15). The number of aryl methyl sites for hydroxylation is 1. The minimum absolute atomic E-state index is 0.0102. The van der Waals surface area contributed by atoms with Gasteiger partial charge < -0.3 is 14.9 Å². The Morgan fingerprint density at radius 3 is 2.95 bits per heavy atom. The molecule has 0 aliphatic carbocycles. The molecule has 3 rings (SSSR count).